The van der Waals surface area contributed by atoms with E-state index in [9.17, 15) is 5.11 Å². The fourth-order valence-electron chi connectivity index (χ4n) is 2.41. The Labute approximate surface area is 124 Å². The minimum absolute atomic E-state index is 0.503. The van der Waals surface area contributed by atoms with Gasteiger partial charge in [0, 0.05) is 7.11 Å². The molecule has 0 aliphatic carbocycles. The Morgan fingerprint density at radius 1 is 0.810 bits per heavy atom. The molecule has 0 saturated carbocycles. The van der Waals surface area contributed by atoms with Crippen molar-refractivity contribution in [1.29, 1.82) is 0 Å². The third-order valence-electron chi connectivity index (χ3n) is 3.43. The van der Waals surface area contributed by atoms with E-state index < -0.39 is 12.2 Å². The van der Waals surface area contributed by atoms with Gasteiger partial charge in [-0.05, 0) is 17.7 Å². The maximum Gasteiger partial charge on any atom is 0.128 e. The molecule has 0 heterocycles. The highest BCUT2D eigenvalue weighted by molar-refractivity contribution is 5.47. The lowest BCUT2D eigenvalue weighted by Crippen LogP contribution is -2.15. The van der Waals surface area contributed by atoms with E-state index >= 15 is 0 Å². The molecule has 4 heteroatoms. The number of hydrogen-bond donors (Lipinski definition) is 1. The highest BCUT2D eigenvalue weighted by Crippen LogP contribution is 2.41. The largest absolute Gasteiger partial charge is 0.496 e. The van der Waals surface area contributed by atoms with Crippen molar-refractivity contribution in [2.24, 2.45) is 0 Å². The van der Waals surface area contributed by atoms with Crippen molar-refractivity contribution in [2.75, 3.05) is 21.3 Å². The van der Waals surface area contributed by atoms with Gasteiger partial charge in [-0.25, -0.2) is 0 Å². The van der Waals surface area contributed by atoms with Crippen LogP contribution in [-0.2, 0) is 4.74 Å². The predicted octanol–water partition coefficient (Wildman–Crippen LogP) is 3.12. The summed E-state index contributed by atoms with van der Waals surface area (Å²) in [6.45, 7) is 0. The molecule has 0 aliphatic rings. The minimum atomic E-state index is -0.900. The summed E-state index contributed by atoms with van der Waals surface area (Å²) in [7, 11) is 4.70. The van der Waals surface area contributed by atoms with E-state index in [-0.39, 0.29) is 0 Å². The number of hydrogen-bond acceptors (Lipinski definition) is 4. The molecule has 2 aromatic carbocycles. The van der Waals surface area contributed by atoms with Gasteiger partial charge >= 0.3 is 0 Å². The molecule has 0 aliphatic heterocycles. The number of aliphatic hydroxyl groups is 1. The van der Waals surface area contributed by atoms with Crippen LogP contribution in [-0.4, -0.2) is 26.4 Å². The summed E-state index contributed by atoms with van der Waals surface area (Å²) in [4.78, 5) is 0. The van der Waals surface area contributed by atoms with E-state index in [1.54, 1.807) is 33.5 Å². The summed E-state index contributed by atoms with van der Waals surface area (Å²) in [5.41, 5.74) is 1.47. The first-order chi connectivity index (χ1) is 10.2. The van der Waals surface area contributed by atoms with Crippen molar-refractivity contribution >= 4 is 0 Å². The Morgan fingerprint density at radius 3 is 1.86 bits per heavy atom. The number of benzene rings is 2. The number of ether oxygens (including phenoxy) is 3. The first kappa shape index (κ1) is 15.4. The van der Waals surface area contributed by atoms with Gasteiger partial charge in [0.15, 0.2) is 0 Å². The van der Waals surface area contributed by atoms with Gasteiger partial charge in [-0.2, -0.15) is 0 Å². The van der Waals surface area contributed by atoms with E-state index in [1.165, 1.54) is 0 Å². The van der Waals surface area contributed by atoms with Crippen molar-refractivity contribution in [1.82, 2.24) is 0 Å². The summed E-state index contributed by atoms with van der Waals surface area (Å²) < 4.78 is 16.2. The third kappa shape index (κ3) is 3.17. The van der Waals surface area contributed by atoms with Crippen molar-refractivity contribution in [2.45, 2.75) is 12.2 Å². The Bertz CT molecular complexity index is 546. The first-order valence-electron chi connectivity index (χ1n) is 6.69. The van der Waals surface area contributed by atoms with Gasteiger partial charge in [0.2, 0.25) is 0 Å². The van der Waals surface area contributed by atoms with Crippen LogP contribution in [0.4, 0.5) is 0 Å². The Hall–Kier alpha value is -2.04. The first-order valence-corrected chi connectivity index (χ1v) is 6.69. The zero-order valence-electron chi connectivity index (χ0n) is 12.4. The zero-order chi connectivity index (χ0) is 15.2. The normalized spacial score (nSPS) is 13.5. The average Bonchev–Trinajstić information content (AvgIpc) is 2.55. The standard InChI is InChI=1S/C17H20O4/c1-19-13-10-7-11-14(20-2)15(13)16(18)17(21-3)12-8-5-4-6-9-12/h4-11,16-18H,1-3H3. The molecule has 1 N–H and O–H groups in total. The molecule has 2 rings (SSSR count). The topological polar surface area (TPSA) is 47.9 Å². The summed E-state index contributed by atoms with van der Waals surface area (Å²) in [6, 6.07) is 15.0. The predicted molar refractivity (Wildman–Crippen MR) is 80.7 cm³/mol. The zero-order valence-corrected chi connectivity index (χ0v) is 12.4. The monoisotopic (exact) mass is 288 g/mol. The highest BCUT2D eigenvalue weighted by atomic mass is 16.5. The molecule has 2 unspecified atom stereocenters. The van der Waals surface area contributed by atoms with Crippen molar-refractivity contribution < 1.29 is 19.3 Å². The molecule has 0 radical (unpaired) electrons. The third-order valence-corrected chi connectivity index (χ3v) is 3.43. The molecule has 0 bridgehead atoms. The van der Waals surface area contributed by atoms with E-state index in [0.29, 0.717) is 17.1 Å². The van der Waals surface area contributed by atoms with Gasteiger partial charge in [0.25, 0.3) is 0 Å². The van der Waals surface area contributed by atoms with Crippen LogP contribution in [0.25, 0.3) is 0 Å². The molecule has 4 nitrogen and oxygen atoms in total. The smallest absolute Gasteiger partial charge is 0.128 e. The van der Waals surface area contributed by atoms with E-state index in [2.05, 4.69) is 0 Å². The second-order valence-corrected chi connectivity index (χ2v) is 4.59. The quantitative estimate of drug-likeness (QED) is 0.887. The van der Waals surface area contributed by atoms with E-state index in [0.717, 1.165) is 5.56 Å². The fourth-order valence-corrected chi connectivity index (χ4v) is 2.41. The molecule has 2 aromatic rings. The van der Waals surface area contributed by atoms with E-state index in [1.807, 2.05) is 36.4 Å². The minimum Gasteiger partial charge on any atom is -0.496 e. The SMILES string of the molecule is COc1cccc(OC)c1C(O)C(OC)c1ccccc1. The van der Waals surface area contributed by atoms with Gasteiger partial charge < -0.3 is 19.3 Å². The molecule has 112 valence electrons. The second kappa shape index (κ2) is 7.11. The van der Waals surface area contributed by atoms with Crippen LogP contribution in [0.1, 0.15) is 23.3 Å². The molecule has 21 heavy (non-hydrogen) atoms. The molecule has 0 fully saturated rings. The lowest BCUT2D eigenvalue weighted by atomic mass is 9.96. The number of methoxy groups -OCH3 is 3. The second-order valence-electron chi connectivity index (χ2n) is 4.59. The summed E-state index contributed by atoms with van der Waals surface area (Å²) in [6.07, 6.45) is -1.40. The lowest BCUT2D eigenvalue weighted by molar-refractivity contribution is -0.0169. The van der Waals surface area contributed by atoms with Crippen LogP contribution in [0.15, 0.2) is 48.5 Å². The van der Waals surface area contributed by atoms with Crippen molar-refractivity contribution in [3.05, 3.63) is 59.7 Å². The molecule has 0 amide bonds. The van der Waals surface area contributed by atoms with Crippen LogP contribution in [0.5, 0.6) is 11.5 Å². The maximum absolute atomic E-state index is 10.8. The fraction of sp³-hybridized carbons (Fsp3) is 0.294. The molecule has 0 saturated heterocycles. The van der Waals surface area contributed by atoms with Crippen molar-refractivity contribution in [3.63, 3.8) is 0 Å². The average molecular weight is 288 g/mol. The molecular formula is C17H20O4. The maximum atomic E-state index is 10.8. The Kier molecular flexibility index (Phi) is 5.20. The van der Waals surface area contributed by atoms with Crippen molar-refractivity contribution in [3.8, 4) is 11.5 Å². The van der Waals surface area contributed by atoms with Gasteiger partial charge in [0.1, 0.15) is 23.7 Å². The van der Waals surface area contributed by atoms with Gasteiger partial charge in [0.05, 0.1) is 19.8 Å². The van der Waals surface area contributed by atoms with Gasteiger partial charge in [-0.15, -0.1) is 0 Å². The number of aliphatic hydroxyl groups excluding tert-OH is 1. The van der Waals surface area contributed by atoms with Crippen LogP contribution in [0.2, 0.25) is 0 Å². The molecule has 2 atom stereocenters. The van der Waals surface area contributed by atoms with Crippen LogP contribution in [0.3, 0.4) is 0 Å². The van der Waals surface area contributed by atoms with Crippen LogP contribution in [0, 0.1) is 0 Å². The van der Waals surface area contributed by atoms with Crippen LogP contribution >= 0.6 is 0 Å². The van der Waals surface area contributed by atoms with Gasteiger partial charge in [-0.3, -0.25) is 0 Å². The van der Waals surface area contributed by atoms with E-state index in [4.69, 9.17) is 14.2 Å². The molecular weight excluding hydrogens is 268 g/mol. The van der Waals surface area contributed by atoms with Gasteiger partial charge in [-0.1, -0.05) is 36.4 Å². The van der Waals surface area contributed by atoms with Crippen LogP contribution < -0.4 is 9.47 Å². The number of rotatable bonds is 6. The Balaban J connectivity index is 2.45. The summed E-state index contributed by atoms with van der Waals surface area (Å²) >= 11 is 0. The lowest BCUT2D eigenvalue weighted by Gasteiger charge is -2.25. The molecule has 0 spiro atoms. The molecule has 0 aromatic heterocycles. The summed E-state index contributed by atoms with van der Waals surface area (Å²) in [5, 5.41) is 10.8. The highest BCUT2D eigenvalue weighted by Gasteiger charge is 2.28. The Morgan fingerprint density at radius 2 is 1.38 bits per heavy atom. The summed E-state index contributed by atoms with van der Waals surface area (Å²) in [5.74, 6) is 1.14.